The summed E-state index contributed by atoms with van der Waals surface area (Å²) in [5.41, 5.74) is 0.135. The number of para-hydroxylation sites is 1. The van der Waals surface area contributed by atoms with Gasteiger partial charge in [0, 0.05) is 18.6 Å². The Bertz CT molecular complexity index is 872. The number of carbonyl (C=O) groups is 1. The van der Waals surface area contributed by atoms with Crippen molar-refractivity contribution in [1.82, 2.24) is 14.8 Å². The summed E-state index contributed by atoms with van der Waals surface area (Å²) in [6, 6.07) is 12.2. The molecule has 0 bridgehead atoms. The van der Waals surface area contributed by atoms with Gasteiger partial charge in [0.15, 0.2) is 5.69 Å². The molecule has 3 rings (SSSR count). The van der Waals surface area contributed by atoms with Crippen molar-refractivity contribution in [3.05, 3.63) is 64.6 Å². The smallest absolute Gasteiger partial charge is 0.281 e. The van der Waals surface area contributed by atoms with Crippen LogP contribution in [0.4, 0.5) is 5.82 Å². The Labute approximate surface area is 120 Å². The zero-order valence-corrected chi connectivity index (χ0v) is 11.3. The minimum absolute atomic E-state index is 0.151. The quantitative estimate of drug-likeness (QED) is 0.773. The molecule has 0 saturated carbocycles. The first-order chi connectivity index (χ1) is 10.2. The zero-order valence-electron chi connectivity index (χ0n) is 11.3. The van der Waals surface area contributed by atoms with E-state index in [1.54, 1.807) is 49.6 Å². The van der Waals surface area contributed by atoms with Gasteiger partial charge in [-0.25, -0.2) is 4.98 Å². The highest BCUT2D eigenvalue weighted by Crippen LogP contribution is 2.09. The van der Waals surface area contributed by atoms with Crippen LogP contribution in [-0.2, 0) is 7.05 Å². The predicted octanol–water partition coefficient (Wildman–Crippen LogP) is 1.58. The summed E-state index contributed by atoms with van der Waals surface area (Å²) in [6.07, 6.45) is 1.56. The minimum Gasteiger partial charge on any atom is -0.305 e. The Hall–Kier alpha value is -3.02. The number of hydrogen-bond acceptors (Lipinski definition) is 4. The van der Waals surface area contributed by atoms with Gasteiger partial charge in [0.25, 0.3) is 5.91 Å². The normalized spacial score (nSPS) is 10.5. The lowest BCUT2D eigenvalue weighted by Gasteiger charge is -2.07. The van der Waals surface area contributed by atoms with E-state index in [-0.39, 0.29) is 5.69 Å². The van der Waals surface area contributed by atoms with Crippen LogP contribution in [0.2, 0.25) is 0 Å². The molecule has 21 heavy (non-hydrogen) atoms. The lowest BCUT2D eigenvalue weighted by atomic mass is 10.2. The number of carbonyl (C=O) groups excluding carboxylic acids is 1. The van der Waals surface area contributed by atoms with E-state index in [1.807, 2.05) is 6.07 Å². The fraction of sp³-hybridized carbons (Fsp3) is 0.0667. The van der Waals surface area contributed by atoms with Crippen molar-refractivity contribution in [2.45, 2.75) is 0 Å². The summed E-state index contributed by atoms with van der Waals surface area (Å²) in [6.45, 7) is 0. The van der Waals surface area contributed by atoms with E-state index in [0.717, 1.165) is 0 Å². The average Bonchev–Trinajstić information content (AvgIpc) is 2.52. The van der Waals surface area contributed by atoms with Crippen LogP contribution in [0.1, 0.15) is 10.5 Å². The predicted molar refractivity (Wildman–Crippen MR) is 79.2 cm³/mol. The summed E-state index contributed by atoms with van der Waals surface area (Å²) in [5.74, 6) is -0.195. The van der Waals surface area contributed by atoms with E-state index in [0.29, 0.717) is 16.7 Å². The first kappa shape index (κ1) is 13.0. The Balaban J connectivity index is 2.07. The SMILES string of the molecule is Cn1nc(C(=O)Nc2ccccn2)c(=O)c2ccccc21. The second kappa shape index (κ2) is 5.16. The second-order valence-electron chi connectivity index (χ2n) is 4.49. The van der Waals surface area contributed by atoms with Gasteiger partial charge in [-0.3, -0.25) is 14.3 Å². The van der Waals surface area contributed by atoms with Crippen molar-refractivity contribution in [2.75, 3.05) is 5.32 Å². The largest absolute Gasteiger partial charge is 0.305 e. The highest BCUT2D eigenvalue weighted by Gasteiger charge is 2.16. The van der Waals surface area contributed by atoms with Gasteiger partial charge in [0.1, 0.15) is 5.82 Å². The van der Waals surface area contributed by atoms with Gasteiger partial charge in [-0.05, 0) is 24.3 Å². The van der Waals surface area contributed by atoms with Gasteiger partial charge >= 0.3 is 0 Å². The number of pyridine rings is 1. The third kappa shape index (κ3) is 2.38. The second-order valence-corrected chi connectivity index (χ2v) is 4.49. The fourth-order valence-corrected chi connectivity index (χ4v) is 2.09. The molecule has 0 aliphatic carbocycles. The Morgan fingerprint density at radius 2 is 1.90 bits per heavy atom. The number of aryl methyl sites for hydroxylation is 1. The first-order valence-electron chi connectivity index (χ1n) is 6.35. The molecule has 0 fully saturated rings. The number of aromatic nitrogens is 3. The summed E-state index contributed by atoms with van der Waals surface area (Å²) < 4.78 is 1.52. The van der Waals surface area contributed by atoms with Crippen molar-refractivity contribution in [3.8, 4) is 0 Å². The highest BCUT2D eigenvalue weighted by atomic mass is 16.2. The van der Waals surface area contributed by atoms with Crippen LogP contribution in [0, 0.1) is 0 Å². The zero-order chi connectivity index (χ0) is 14.8. The van der Waals surface area contributed by atoms with Crippen molar-refractivity contribution < 1.29 is 4.79 Å². The molecule has 2 aromatic heterocycles. The van der Waals surface area contributed by atoms with Crippen LogP contribution in [-0.4, -0.2) is 20.7 Å². The summed E-state index contributed by atoms with van der Waals surface area (Å²) in [4.78, 5) is 28.5. The molecule has 0 atom stereocenters. The number of nitrogens with one attached hydrogen (secondary N) is 1. The van der Waals surface area contributed by atoms with E-state index in [4.69, 9.17) is 0 Å². The topological polar surface area (TPSA) is 76.9 Å². The van der Waals surface area contributed by atoms with Crippen molar-refractivity contribution >= 4 is 22.6 Å². The lowest BCUT2D eigenvalue weighted by molar-refractivity contribution is 0.101. The minimum atomic E-state index is -0.569. The molecule has 6 heteroatoms. The van der Waals surface area contributed by atoms with Gasteiger partial charge in [-0.2, -0.15) is 5.10 Å². The maximum atomic E-state index is 12.4. The average molecular weight is 280 g/mol. The van der Waals surface area contributed by atoms with Crippen LogP contribution >= 0.6 is 0 Å². The van der Waals surface area contributed by atoms with Gasteiger partial charge in [0.05, 0.1) is 5.52 Å². The molecule has 0 aliphatic rings. The van der Waals surface area contributed by atoms with Crippen LogP contribution in [0.3, 0.4) is 0 Å². The number of hydrogen-bond donors (Lipinski definition) is 1. The monoisotopic (exact) mass is 280 g/mol. The molecule has 3 aromatic rings. The molecule has 0 saturated heterocycles. The number of nitrogens with zero attached hydrogens (tertiary/aromatic N) is 3. The van der Waals surface area contributed by atoms with Crippen LogP contribution in [0.15, 0.2) is 53.5 Å². The molecule has 2 heterocycles. The maximum Gasteiger partial charge on any atom is 0.281 e. The van der Waals surface area contributed by atoms with Gasteiger partial charge < -0.3 is 5.32 Å². The molecular formula is C15H12N4O2. The number of fused-ring (bicyclic) bond motifs is 1. The molecule has 6 nitrogen and oxygen atoms in total. The Morgan fingerprint density at radius 1 is 1.14 bits per heavy atom. The van der Waals surface area contributed by atoms with E-state index in [2.05, 4.69) is 15.4 Å². The standard InChI is InChI=1S/C15H12N4O2/c1-19-11-7-3-2-6-10(11)14(20)13(18-19)15(21)17-12-8-4-5-9-16-12/h2-9H,1H3,(H,16,17,21). The molecule has 1 aromatic carbocycles. The summed E-state index contributed by atoms with van der Waals surface area (Å²) >= 11 is 0. The molecule has 1 N–H and O–H groups in total. The highest BCUT2D eigenvalue weighted by molar-refractivity contribution is 6.03. The van der Waals surface area contributed by atoms with E-state index in [9.17, 15) is 9.59 Å². The van der Waals surface area contributed by atoms with Crippen LogP contribution in [0.25, 0.3) is 10.9 Å². The number of amides is 1. The van der Waals surface area contributed by atoms with E-state index < -0.39 is 11.3 Å². The van der Waals surface area contributed by atoms with Crippen molar-refractivity contribution in [2.24, 2.45) is 7.05 Å². The third-order valence-electron chi connectivity index (χ3n) is 3.08. The van der Waals surface area contributed by atoms with E-state index >= 15 is 0 Å². The van der Waals surface area contributed by atoms with Crippen molar-refractivity contribution in [1.29, 1.82) is 0 Å². The molecule has 0 radical (unpaired) electrons. The van der Waals surface area contributed by atoms with Gasteiger partial charge in [-0.1, -0.05) is 18.2 Å². The van der Waals surface area contributed by atoms with Gasteiger partial charge in [-0.15, -0.1) is 0 Å². The molecule has 104 valence electrons. The van der Waals surface area contributed by atoms with E-state index in [1.165, 1.54) is 4.68 Å². The number of anilines is 1. The van der Waals surface area contributed by atoms with Crippen molar-refractivity contribution in [3.63, 3.8) is 0 Å². The van der Waals surface area contributed by atoms with Crippen LogP contribution in [0.5, 0.6) is 0 Å². The van der Waals surface area contributed by atoms with Crippen LogP contribution < -0.4 is 10.7 Å². The molecule has 0 unspecified atom stereocenters. The molecule has 1 amide bonds. The summed E-state index contributed by atoms with van der Waals surface area (Å²) in [5, 5.41) is 7.09. The fourth-order valence-electron chi connectivity index (χ4n) is 2.09. The first-order valence-corrected chi connectivity index (χ1v) is 6.35. The van der Waals surface area contributed by atoms with Gasteiger partial charge in [0.2, 0.25) is 5.43 Å². The molecule has 0 aliphatic heterocycles. The molecular weight excluding hydrogens is 268 g/mol. The Morgan fingerprint density at radius 3 is 2.67 bits per heavy atom. The third-order valence-corrected chi connectivity index (χ3v) is 3.08. The number of rotatable bonds is 2. The maximum absolute atomic E-state index is 12.4. The Kier molecular flexibility index (Phi) is 3.19. The number of benzene rings is 1. The summed E-state index contributed by atoms with van der Waals surface area (Å²) in [7, 11) is 1.69. The lowest BCUT2D eigenvalue weighted by Crippen LogP contribution is -2.26. The molecule has 0 spiro atoms.